The molecule has 0 amide bonds. The quantitative estimate of drug-likeness (QED) is 0.795. The van der Waals surface area contributed by atoms with Gasteiger partial charge in [-0.25, -0.2) is 4.98 Å². The molecule has 2 rings (SSSR count). The van der Waals surface area contributed by atoms with E-state index in [0.717, 1.165) is 18.2 Å². The van der Waals surface area contributed by atoms with Gasteiger partial charge in [-0.2, -0.15) is 0 Å². The molecule has 0 aliphatic heterocycles. The maximum absolute atomic E-state index is 5.72. The molecule has 1 fully saturated rings. The first kappa shape index (κ1) is 10.7. The van der Waals surface area contributed by atoms with Crippen LogP contribution in [-0.4, -0.2) is 16.5 Å². The predicted molar refractivity (Wildman–Crippen MR) is 61.7 cm³/mol. The number of H-pyrrole nitrogens is 1. The van der Waals surface area contributed by atoms with E-state index in [0.29, 0.717) is 6.54 Å². The van der Waals surface area contributed by atoms with E-state index in [1.807, 2.05) is 6.20 Å². The molecule has 1 aromatic heterocycles. The van der Waals surface area contributed by atoms with Gasteiger partial charge >= 0.3 is 0 Å². The number of hydrogen-bond donors (Lipinski definition) is 2. The minimum atomic E-state index is 0.148. The Kier molecular flexibility index (Phi) is 2.83. The molecule has 1 heterocycles. The van der Waals surface area contributed by atoms with Crippen molar-refractivity contribution < 1.29 is 0 Å². The minimum absolute atomic E-state index is 0.148. The third-order valence-corrected chi connectivity index (χ3v) is 3.39. The summed E-state index contributed by atoms with van der Waals surface area (Å²) in [6.07, 6.45) is 6.96. The Balaban J connectivity index is 2.00. The van der Waals surface area contributed by atoms with Crippen LogP contribution >= 0.6 is 0 Å². The van der Waals surface area contributed by atoms with Crippen LogP contribution in [0.4, 0.5) is 0 Å². The number of aromatic amines is 1. The summed E-state index contributed by atoms with van der Waals surface area (Å²) < 4.78 is 0. The number of nitrogens with one attached hydrogen (secondary N) is 1. The summed E-state index contributed by atoms with van der Waals surface area (Å²) in [5.74, 6) is 1.83. The van der Waals surface area contributed by atoms with Crippen LogP contribution in [0.2, 0.25) is 0 Å². The second-order valence-corrected chi connectivity index (χ2v) is 5.46. The number of nitrogens with two attached hydrogens (primary N) is 1. The van der Waals surface area contributed by atoms with Crippen LogP contribution in [0.15, 0.2) is 6.20 Å². The SMILES string of the molecule is CC(C)(CN)Cc1ncc(C2CCC2)[nH]1. The molecule has 3 nitrogen and oxygen atoms in total. The fourth-order valence-electron chi connectivity index (χ4n) is 1.92. The van der Waals surface area contributed by atoms with Gasteiger partial charge in [0.1, 0.15) is 5.82 Å². The normalized spacial score (nSPS) is 17.8. The third kappa shape index (κ3) is 2.40. The lowest BCUT2D eigenvalue weighted by atomic mass is 9.83. The van der Waals surface area contributed by atoms with Gasteiger partial charge in [0, 0.05) is 24.2 Å². The fourth-order valence-corrected chi connectivity index (χ4v) is 1.92. The Hall–Kier alpha value is -0.830. The molecule has 3 N–H and O–H groups in total. The number of rotatable bonds is 4. The lowest BCUT2D eigenvalue weighted by Crippen LogP contribution is -2.26. The van der Waals surface area contributed by atoms with E-state index in [9.17, 15) is 0 Å². The maximum Gasteiger partial charge on any atom is 0.106 e. The van der Waals surface area contributed by atoms with Gasteiger partial charge in [-0.15, -0.1) is 0 Å². The van der Waals surface area contributed by atoms with E-state index < -0.39 is 0 Å². The summed E-state index contributed by atoms with van der Waals surface area (Å²) >= 11 is 0. The van der Waals surface area contributed by atoms with E-state index in [2.05, 4.69) is 23.8 Å². The van der Waals surface area contributed by atoms with E-state index >= 15 is 0 Å². The Bertz CT molecular complexity index is 323. The molecule has 1 saturated carbocycles. The summed E-state index contributed by atoms with van der Waals surface area (Å²) in [5, 5.41) is 0. The Morgan fingerprint density at radius 3 is 2.80 bits per heavy atom. The highest BCUT2D eigenvalue weighted by molar-refractivity contribution is 5.11. The average molecular weight is 207 g/mol. The molecule has 1 aliphatic rings. The first-order chi connectivity index (χ1) is 7.11. The van der Waals surface area contributed by atoms with Crippen molar-refractivity contribution in [1.82, 2.24) is 9.97 Å². The molecule has 84 valence electrons. The summed E-state index contributed by atoms with van der Waals surface area (Å²) in [5.41, 5.74) is 7.19. The van der Waals surface area contributed by atoms with Crippen molar-refractivity contribution in [3.05, 3.63) is 17.7 Å². The monoisotopic (exact) mass is 207 g/mol. The van der Waals surface area contributed by atoms with E-state index in [-0.39, 0.29) is 5.41 Å². The van der Waals surface area contributed by atoms with Crippen LogP contribution in [0.25, 0.3) is 0 Å². The summed E-state index contributed by atoms with van der Waals surface area (Å²) in [7, 11) is 0. The Morgan fingerprint density at radius 1 is 1.53 bits per heavy atom. The van der Waals surface area contributed by atoms with Crippen LogP contribution in [0.1, 0.15) is 50.5 Å². The summed E-state index contributed by atoms with van der Waals surface area (Å²) in [6, 6.07) is 0. The molecule has 0 unspecified atom stereocenters. The van der Waals surface area contributed by atoms with Crippen LogP contribution in [0, 0.1) is 5.41 Å². The number of imidazole rings is 1. The molecular weight excluding hydrogens is 186 g/mol. The van der Waals surface area contributed by atoms with Crippen LogP contribution in [-0.2, 0) is 6.42 Å². The standard InChI is InChI=1S/C12H21N3/c1-12(2,8-13)6-11-14-7-10(15-11)9-4-3-5-9/h7,9H,3-6,8,13H2,1-2H3,(H,14,15). The molecule has 1 aromatic rings. The number of nitrogens with zero attached hydrogens (tertiary/aromatic N) is 1. The van der Waals surface area contributed by atoms with E-state index in [4.69, 9.17) is 5.73 Å². The molecule has 1 aliphatic carbocycles. The molecular formula is C12H21N3. The summed E-state index contributed by atoms with van der Waals surface area (Å²) in [6.45, 7) is 5.06. The Morgan fingerprint density at radius 2 is 2.27 bits per heavy atom. The molecule has 15 heavy (non-hydrogen) atoms. The van der Waals surface area contributed by atoms with Gasteiger partial charge in [-0.3, -0.25) is 0 Å². The first-order valence-electron chi connectivity index (χ1n) is 5.84. The molecule has 0 aromatic carbocycles. The molecule has 0 atom stereocenters. The van der Waals surface area contributed by atoms with Gasteiger partial charge in [-0.1, -0.05) is 20.3 Å². The predicted octanol–water partition coefficient (Wildman–Crippen LogP) is 2.20. The maximum atomic E-state index is 5.72. The van der Waals surface area contributed by atoms with Crippen molar-refractivity contribution in [3.63, 3.8) is 0 Å². The molecule has 0 radical (unpaired) electrons. The van der Waals surface area contributed by atoms with Crippen LogP contribution < -0.4 is 5.73 Å². The van der Waals surface area contributed by atoms with Crippen LogP contribution in [0.5, 0.6) is 0 Å². The molecule has 3 heteroatoms. The van der Waals surface area contributed by atoms with Crippen molar-refractivity contribution in [1.29, 1.82) is 0 Å². The second-order valence-electron chi connectivity index (χ2n) is 5.46. The highest BCUT2D eigenvalue weighted by Gasteiger charge is 2.23. The number of hydrogen-bond acceptors (Lipinski definition) is 2. The van der Waals surface area contributed by atoms with Gasteiger partial charge in [0.05, 0.1) is 0 Å². The van der Waals surface area contributed by atoms with Gasteiger partial charge in [0.2, 0.25) is 0 Å². The highest BCUT2D eigenvalue weighted by Crippen LogP contribution is 2.35. The molecule has 0 bridgehead atoms. The summed E-state index contributed by atoms with van der Waals surface area (Å²) in [4.78, 5) is 7.88. The van der Waals surface area contributed by atoms with Crippen molar-refractivity contribution in [3.8, 4) is 0 Å². The number of aromatic nitrogens is 2. The van der Waals surface area contributed by atoms with Crippen molar-refractivity contribution >= 4 is 0 Å². The van der Waals surface area contributed by atoms with Crippen LogP contribution in [0.3, 0.4) is 0 Å². The fraction of sp³-hybridized carbons (Fsp3) is 0.750. The molecule has 0 saturated heterocycles. The second kappa shape index (κ2) is 3.97. The van der Waals surface area contributed by atoms with Gasteiger partial charge in [0.15, 0.2) is 0 Å². The zero-order valence-corrected chi connectivity index (χ0v) is 9.71. The van der Waals surface area contributed by atoms with Gasteiger partial charge in [0.25, 0.3) is 0 Å². The highest BCUT2D eigenvalue weighted by atomic mass is 14.9. The molecule has 0 spiro atoms. The smallest absolute Gasteiger partial charge is 0.106 e. The topological polar surface area (TPSA) is 54.7 Å². The lowest BCUT2D eigenvalue weighted by molar-refractivity contribution is 0.367. The zero-order valence-electron chi connectivity index (χ0n) is 9.71. The average Bonchev–Trinajstić information content (AvgIpc) is 2.49. The Labute approximate surface area is 91.5 Å². The van der Waals surface area contributed by atoms with Crippen molar-refractivity contribution in [2.45, 2.75) is 45.4 Å². The van der Waals surface area contributed by atoms with Gasteiger partial charge < -0.3 is 10.7 Å². The van der Waals surface area contributed by atoms with Gasteiger partial charge in [-0.05, 0) is 24.8 Å². The lowest BCUT2D eigenvalue weighted by Gasteiger charge is -2.24. The van der Waals surface area contributed by atoms with Crippen molar-refractivity contribution in [2.75, 3.05) is 6.54 Å². The largest absolute Gasteiger partial charge is 0.346 e. The third-order valence-electron chi connectivity index (χ3n) is 3.39. The zero-order chi connectivity index (χ0) is 10.9. The minimum Gasteiger partial charge on any atom is -0.346 e. The first-order valence-corrected chi connectivity index (χ1v) is 5.84. The van der Waals surface area contributed by atoms with E-state index in [1.165, 1.54) is 25.0 Å². The van der Waals surface area contributed by atoms with Crippen molar-refractivity contribution in [2.24, 2.45) is 11.1 Å². The van der Waals surface area contributed by atoms with E-state index in [1.54, 1.807) is 0 Å².